The highest BCUT2D eigenvalue weighted by molar-refractivity contribution is 5.89. The second kappa shape index (κ2) is 8.08. The van der Waals surface area contributed by atoms with Crippen LogP contribution in [0.1, 0.15) is 11.1 Å². The molecular formula is C18H22N2O3. The van der Waals surface area contributed by atoms with Gasteiger partial charge in [0.2, 0.25) is 0 Å². The van der Waals surface area contributed by atoms with Crippen LogP contribution >= 0.6 is 0 Å². The number of amides is 2. The average Bonchev–Trinajstić information content (AvgIpc) is 2.56. The molecule has 5 heteroatoms. The van der Waals surface area contributed by atoms with E-state index >= 15 is 0 Å². The number of hydrogen-bond donors (Lipinski definition) is 2. The summed E-state index contributed by atoms with van der Waals surface area (Å²) in [4.78, 5) is 11.9. The Kier molecular flexibility index (Phi) is 5.86. The maximum absolute atomic E-state index is 11.9. The molecule has 122 valence electrons. The molecule has 2 amide bonds. The van der Waals surface area contributed by atoms with E-state index in [0.717, 1.165) is 6.42 Å². The van der Waals surface area contributed by atoms with E-state index in [9.17, 15) is 4.79 Å². The van der Waals surface area contributed by atoms with Crippen molar-refractivity contribution in [2.75, 3.05) is 26.1 Å². The third-order valence-corrected chi connectivity index (χ3v) is 3.58. The number of rotatable bonds is 6. The van der Waals surface area contributed by atoms with Gasteiger partial charge in [-0.2, -0.15) is 0 Å². The van der Waals surface area contributed by atoms with Gasteiger partial charge < -0.3 is 20.1 Å². The minimum Gasteiger partial charge on any atom is -0.493 e. The van der Waals surface area contributed by atoms with Crippen LogP contribution in [0, 0.1) is 6.92 Å². The van der Waals surface area contributed by atoms with Crippen molar-refractivity contribution in [2.45, 2.75) is 13.3 Å². The molecule has 0 aromatic heterocycles. The number of aryl methyl sites for hydroxylation is 1. The summed E-state index contributed by atoms with van der Waals surface area (Å²) in [5, 5.41) is 5.63. The lowest BCUT2D eigenvalue weighted by atomic mass is 10.1. The Hall–Kier alpha value is -2.69. The van der Waals surface area contributed by atoms with Crippen molar-refractivity contribution in [1.82, 2.24) is 5.32 Å². The Labute approximate surface area is 136 Å². The van der Waals surface area contributed by atoms with Gasteiger partial charge in [-0.05, 0) is 36.6 Å². The Bertz CT molecular complexity index is 671. The van der Waals surface area contributed by atoms with Crippen molar-refractivity contribution >= 4 is 11.7 Å². The number of benzene rings is 2. The molecule has 0 atom stereocenters. The fourth-order valence-electron chi connectivity index (χ4n) is 2.29. The largest absolute Gasteiger partial charge is 0.493 e. The van der Waals surface area contributed by atoms with Crippen LogP contribution < -0.4 is 20.1 Å². The summed E-state index contributed by atoms with van der Waals surface area (Å²) in [5.74, 6) is 1.20. The molecule has 5 nitrogen and oxygen atoms in total. The van der Waals surface area contributed by atoms with E-state index in [-0.39, 0.29) is 6.03 Å². The van der Waals surface area contributed by atoms with Crippen molar-refractivity contribution in [1.29, 1.82) is 0 Å². The zero-order valence-corrected chi connectivity index (χ0v) is 13.7. The Morgan fingerprint density at radius 1 is 1.04 bits per heavy atom. The molecule has 0 saturated carbocycles. The maximum Gasteiger partial charge on any atom is 0.319 e. The molecule has 0 aliphatic carbocycles. The molecule has 0 fully saturated rings. The minimum absolute atomic E-state index is 0.245. The number of nitrogens with one attached hydrogen (secondary N) is 2. The first-order valence-corrected chi connectivity index (χ1v) is 7.45. The first-order chi connectivity index (χ1) is 11.1. The lowest BCUT2D eigenvalue weighted by Crippen LogP contribution is -2.30. The van der Waals surface area contributed by atoms with E-state index in [1.165, 1.54) is 11.1 Å². The van der Waals surface area contributed by atoms with E-state index in [2.05, 4.69) is 29.7 Å². The van der Waals surface area contributed by atoms with Crippen molar-refractivity contribution in [2.24, 2.45) is 0 Å². The van der Waals surface area contributed by atoms with Crippen LogP contribution in [0.2, 0.25) is 0 Å². The lowest BCUT2D eigenvalue weighted by Gasteiger charge is -2.11. The fraction of sp³-hybridized carbons (Fsp3) is 0.278. The first-order valence-electron chi connectivity index (χ1n) is 7.45. The van der Waals surface area contributed by atoms with Gasteiger partial charge in [0.05, 0.1) is 14.2 Å². The van der Waals surface area contributed by atoms with E-state index in [0.29, 0.717) is 23.7 Å². The van der Waals surface area contributed by atoms with Crippen LogP contribution in [0.3, 0.4) is 0 Å². The quantitative estimate of drug-likeness (QED) is 0.859. The lowest BCUT2D eigenvalue weighted by molar-refractivity contribution is 0.252. The molecule has 0 aliphatic heterocycles. The zero-order valence-electron chi connectivity index (χ0n) is 13.7. The summed E-state index contributed by atoms with van der Waals surface area (Å²) >= 11 is 0. The maximum atomic E-state index is 11.9. The second-order valence-corrected chi connectivity index (χ2v) is 5.13. The van der Waals surface area contributed by atoms with Gasteiger partial charge in [-0.1, -0.05) is 24.3 Å². The molecular weight excluding hydrogens is 292 g/mol. The highest BCUT2D eigenvalue weighted by Crippen LogP contribution is 2.29. The van der Waals surface area contributed by atoms with Crippen molar-refractivity contribution < 1.29 is 14.3 Å². The van der Waals surface area contributed by atoms with Gasteiger partial charge in [-0.15, -0.1) is 0 Å². The Morgan fingerprint density at radius 3 is 2.48 bits per heavy atom. The summed E-state index contributed by atoms with van der Waals surface area (Å²) < 4.78 is 10.4. The van der Waals surface area contributed by atoms with E-state index in [1.807, 2.05) is 12.1 Å². The van der Waals surface area contributed by atoms with Gasteiger partial charge in [-0.25, -0.2) is 4.79 Å². The molecule has 2 N–H and O–H groups in total. The van der Waals surface area contributed by atoms with Crippen LogP contribution in [0.4, 0.5) is 10.5 Å². The topological polar surface area (TPSA) is 59.6 Å². The highest BCUT2D eigenvalue weighted by atomic mass is 16.5. The van der Waals surface area contributed by atoms with Crippen molar-refractivity contribution in [3.8, 4) is 11.5 Å². The summed E-state index contributed by atoms with van der Waals surface area (Å²) in [6, 6.07) is 13.2. The molecule has 2 aromatic carbocycles. The number of hydrogen-bond acceptors (Lipinski definition) is 3. The van der Waals surface area contributed by atoms with Crippen LogP contribution in [0.15, 0.2) is 42.5 Å². The smallest absolute Gasteiger partial charge is 0.319 e. The molecule has 2 rings (SSSR count). The zero-order chi connectivity index (χ0) is 16.7. The molecule has 0 saturated heterocycles. The van der Waals surface area contributed by atoms with Gasteiger partial charge in [0.25, 0.3) is 0 Å². The van der Waals surface area contributed by atoms with E-state index in [4.69, 9.17) is 9.47 Å². The van der Waals surface area contributed by atoms with Crippen molar-refractivity contribution in [3.63, 3.8) is 0 Å². The van der Waals surface area contributed by atoms with E-state index < -0.39 is 0 Å². The average molecular weight is 314 g/mol. The number of anilines is 1. The number of carbonyl (C=O) groups is 1. The molecule has 0 unspecified atom stereocenters. The Balaban J connectivity index is 1.86. The van der Waals surface area contributed by atoms with Crippen LogP contribution in [-0.2, 0) is 6.42 Å². The molecule has 0 bridgehead atoms. The summed E-state index contributed by atoms with van der Waals surface area (Å²) in [7, 11) is 3.13. The fourth-order valence-corrected chi connectivity index (χ4v) is 2.29. The number of carbonyl (C=O) groups excluding carboxylic acids is 1. The van der Waals surface area contributed by atoms with Crippen molar-refractivity contribution in [3.05, 3.63) is 53.6 Å². The molecule has 0 heterocycles. The summed E-state index contributed by atoms with van der Waals surface area (Å²) in [5.41, 5.74) is 3.12. The SMILES string of the molecule is COc1ccc(NC(=O)NCCc2ccccc2C)cc1OC. The molecule has 0 aliphatic rings. The van der Waals surface area contributed by atoms with Gasteiger partial charge in [0.1, 0.15) is 0 Å². The predicted octanol–water partition coefficient (Wildman–Crippen LogP) is 3.38. The summed E-state index contributed by atoms with van der Waals surface area (Å²) in [6.45, 7) is 2.64. The van der Waals surface area contributed by atoms with Crippen LogP contribution in [0.25, 0.3) is 0 Å². The Morgan fingerprint density at radius 2 is 1.78 bits per heavy atom. The van der Waals surface area contributed by atoms with Gasteiger partial charge >= 0.3 is 6.03 Å². The standard InChI is InChI=1S/C18H22N2O3/c1-13-6-4-5-7-14(13)10-11-19-18(21)20-15-8-9-16(22-2)17(12-15)23-3/h4-9,12H,10-11H2,1-3H3,(H2,19,20,21). The predicted molar refractivity (Wildman–Crippen MR) is 91.5 cm³/mol. The minimum atomic E-state index is -0.245. The van der Waals surface area contributed by atoms with E-state index in [1.54, 1.807) is 32.4 Å². The third kappa shape index (κ3) is 4.64. The monoisotopic (exact) mass is 314 g/mol. The number of ether oxygens (including phenoxy) is 2. The van der Waals surface area contributed by atoms with Crippen LogP contribution in [-0.4, -0.2) is 26.8 Å². The third-order valence-electron chi connectivity index (χ3n) is 3.58. The highest BCUT2D eigenvalue weighted by Gasteiger charge is 2.07. The number of methoxy groups -OCH3 is 2. The van der Waals surface area contributed by atoms with Gasteiger partial charge in [0, 0.05) is 18.3 Å². The van der Waals surface area contributed by atoms with Crippen LogP contribution in [0.5, 0.6) is 11.5 Å². The molecule has 2 aromatic rings. The molecule has 23 heavy (non-hydrogen) atoms. The number of urea groups is 1. The summed E-state index contributed by atoms with van der Waals surface area (Å²) in [6.07, 6.45) is 0.798. The molecule has 0 radical (unpaired) electrons. The first kappa shape index (κ1) is 16.7. The second-order valence-electron chi connectivity index (χ2n) is 5.13. The van der Waals surface area contributed by atoms with Gasteiger partial charge in [0.15, 0.2) is 11.5 Å². The molecule has 0 spiro atoms. The normalized spacial score (nSPS) is 10.0. The van der Waals surface area contributed by atoms with Gasteiger partial charge in [-0.3, -0.25) is 0 Å².